The van der Waals surface area contributed by atoms with Gasteiger partial charge in [0, 0.05) is 17.0 Å². The van der Waals surface area contributed by atoms with Crippen molar-refractivity contribution in [3.8, 4) is 0 Å². The topological polar surface area (TPSA) is 68.0 Å². The summed E-state index contributed by atoms with van der Waals surface area (Å²) in [5.41, 5.74) is 6.66. The summed E-state index contributed by atoms with van der Waals surface area (Å²) in [4.78, 5) is 17.2. The van der Waals surface area contributed by atoms with Gasteiger partial charge in [0.2, 0.25) is 5.91 Å². The zero-order valence-electron chi connectivity index (χ0n) is 12.0. The molecule has 3 rings (SSSR count). The van der Waals surface area contributed by atoms with Crippen molar-refractivity contribution < 1.29 is 4.79 Å². The van der Waals surface area contributed by atoms with Crippen LogP contribution in [-0.2, 0) is 10.3 Å². The highest BCUT2D eigenvalue weighted by Crippen LogP contribution is 2.43. The molecule has 4 nitrogen and oxygen atoms in total. The Balaban J connectivity index is 1.73. The summed E-state index contributed by atoms with van der Waals surface area (Å²) < 4.78 is 0. The van der Waals surface area contributed by atoms with E-state index in [4.69, 9.17) is 5.73 Å². The second-order valence-electron chi connectivity index (χ2n) is 6.25. The summed E-state index contributed by atoms with van der Waals surface area (Å²) >= 11 is 1.67. The van der Waals surface area contributed by atoms with Crippen molar-refractivity contribution in [3.63, 3.8) is 0 Å². The number of hydrogen-bond donors (Lipinski definition) is 2. The number of aryl methyl sites for hydroxylation is 1. The van der Waals surface area contributed by atoms with Gasteiger partial charge in [-0.25, -0.2) is 4.98 Å². The highest BCUT2D eigenvalue weighted by atomic mass is 32.1. The van der Waals surface area contributed by atoms with Crippen LogP contribution < -0.4 is 11.1 Å². The van der Waals surface area contributed by atoms with Crippen molar-refractivity contribution >= 4 is 17.2 Å². The first-order valence-corrected chi connectivity index (χ1v) is 8.47. The molecular formula is C15H23N3OS. The van der Waals surface area contributed by atoms with Crippen molar-refractivity contribution in [2.75, 3.05) is 6.54 Å². The first-order valence-electron chi connectivity index (χ1n) is 7.59. The molecule has 1 heterocycles. The van der Waals surface area contributed by atoms with Crippen LogP contribution in [0, 0.1) is 18.8 Å². The van der Waals surface area contributed by atoms with E-state index in [0.717, 1.165) is 42.8 Å². The first kappa shape index (κ1) is 14.0. The van der Waals surface area contributed by atoms with Gasteiger partial charge in [0.05, 0.1) is 5.54 Å². The van der Waals surface area contributed by atoms with E-state index in [9.17, 15) is 4.79 Å². The van der Waals surface area contributed by atoms with Crippen LogP contribution in [0.3, 0.4) is 0 Å². The number of thiazole rings is 1. The smallest absolute Gasteiger partial charge is 0.224 e. The zero-order valence-corrected chi connectivity index (χ0v) is 12.8. The van der Waals surface area contributed by atoms with Crippen LogP contribution in [0.5, 0.6) is 0 Å². The van der Waals surface area contributed by atoms with E-state index in [1.165, 1.54) is 6.42 Å². The minimum Gasteiger partial charge on any atom is -0.344 e. The van der Waals surface area contributed by atoms with Gasteiger partial charge >= 0.3 is 0 Å². The van der Waals surface area contributed by atoms with E-state index in [-0.39, 0.29) is 17.4 Å². The minimum absolute atomic E-state index is 0.110. The van der Waals surface area contributed by atoms with Gasteiger partial charge < -0.3 is 11.1 Å². The Hall–Kier alpha value is -0.940. The highest BCUT2D eigenvalue weighted by molar-refractivity contribution is 7.09. The Morgan fingerprint density at radius 1 is 1.50 bits per heavy atom. The maximum absolute atomic E-state index is 12.6. The highest BCUT2D eigenvalue weighted by Gasteiger charge is 2.44. The van der Waals surface area contributed by atoms with E-state index in [2.05, 4.69) is 15.7 Å². The number of aromatic nitrogens is 1. The van der Waals surface area contributed by atoms with Gasteiger partial charge in [-0.3, -0.25) is 4.79 Å². The van der Waals surface area contributed by atoms with Gasteiger partial charge in [-0.1, -0.05) is 6.42 Å². The Labute approximate surface area is 124 Å². The summed E-state index contributed by atoms with van der Waals surface area (Å²) in [6, 6.07) is 0. The van der Waals surface area contributed by atoms with E-state index >= 15 is 0 Å². The van der Waals surface area contributed by atoms with Crippen molar-refractivity contribution in [1.82, 2.24) is 10.3 Å². The fourth-order valence-corrected chi connectivity index (χ4v) is 4.50. The third kappa shape index (κ3) is 2.37. The average Bonchev–Trinajstić information content (AvgIpc) is 3.01. The van der Waals surface area contributed by atoms with Crippen LogP contribution >= 0.6 is 11.3 Å². The molecule has 1 aromatic heterocycles. The van der Waals surface area contributed by atoms with Crippen molar-refractivity contribution in [1.29, 1.82) is 0 Å². The van der Waals surface area contributed by atoms with Gasteiger partial charge in [0.25, 0.3) is 0 Å². The maximum Gasteiger partial charge on any atom is 0.224 e. The van der Waals surface area contributed by atoms with E-state index in [1.807, 2.05) is 6.92 Å². The van der Waals surface area contributed by atoms with Crippen LogP contribution in [0.4, 0.5) is 0 Å². The summed E-state index contributed by atoms with van der Waals surface area (Å²) in [7, 11) is 0. The summed E-state index contributed by atoms with van der Waals surface area (Å²) in [5, 5.41) is 6.47. The van der Waals surface area contributed by atoms with Crippen LogP contribution in [0.25, 0.3) is 0 Å². The molecule has 5 heteroatoms. The van der Waals surface area contributed by atoms with Gasteiger partial charge in [-0.2, -0.15) is 0 Å². The molecule has 0 aromatic carbocycles. The molecule has 2 aliphatic rings. The number of rotatable bonds is 4. The van der Waals surface area contributed by atoms with Gasteiger partial charge in [-0.15, -0.1) is 11.3 Å². The Morgan fingerprint density at radius 2 is 2.30 bits per heavy atom. The number of nitrogens with two attached hydrogens (primary N) is 1. The van der Waals surface area contributed by atoms with Crippen LogP contribution in [0.15, 0.2) is 5.38 Å². The lowest BCUT2D eigenvalue weighted by atomic mass is 9.76. The van der Waals surface area contributed by atoms with Crippen molar-refractivity contribution in [3.05, 3.63) is 16.1 Å². The normalized spacial score (nSPS) is 28.1. The predicted molar refractivity (Wildman–Crippen MR) is 80.4 cm³/mol. The molecule has 2 fully saturated rings. The second kappa shape index (κ2) is 5.45. The quantitative estimate of drug-likeness (QED) is 0.895. The third-order valence-corrected chi connectivity index (χ3v) is 6.06. The summed E-state index contributed by atoms with van der Waals surface area (Å²) in [6.45, 7) is 2.64. The molecule has 2 saturated carbocycles. The molecule has 20 heavy (non-hydrogen) atoms. The Bertz CT molecular complexity index is 495. The predicted octanol–water partition coefficient (Wildman–Crippen LogP) is 2.32. The Kier molecular flexibility index (Phi) is 3.82. The van der Waals surface area contributed by atoms with E-state index in [1.54, 1.807) is 11.3 Å². The molecule has 2 atom stereocenters. The molecule has 2 aliphatic carbocycles. The fraction of sp³-hybridized carbons (Fsp3) is 0.733. The SMILES string of the molecule is Cc1csc(C2(NC(=O)[C@@H]3CCC[C@@H]3CN)CCC2)n1. The molecule has 0 bridgehead atoms. The Morgan fingerprint density at radius 3 is 2.85 bits per heavy atom. The zero-order chi connectivity index (χ0) is 14.2. The molecule has 110 valence electrons. The largest absolute Gasteiger partial charge is 0.344 e. The first-order chi connectivity index (χ1) is 9.64. The van der Waals surface area contributed by atoms with E-state index < -0.39 is 0 Å². The maximum atomic E-state index is 12.6. The minimum atomic E-state index is -0.183. The third-order valence-electron chi connectivity index (χ3n) is 4.90. The van der Waals surface area contributed by atoms with Gasteiger partial charge in [-0.05, 0) is 51.5 Å². The molecule has 0 aliphatic heterocycles. The monoisotopic (exact) mass is 293 g/mol. The second-order valence-corrected chi connectivity index (χ2v) is 7.11. The fourth-order valence-electron chi connectivity index (χ4n) is 3.49. The number of carbonyl (C=O) groups excluding carboxylic acids is 1. The average molecular weight is 293 g/mol. The number of nitrogens with zero attached hydrogens (tertiary/aromatic N) is 1. The molecule has 1 amide bonds. The lowest BCUT2D eigenvalue weighted by molar-refractivity contribution is -0.129. The summed E-state index contributed by atoms with van der Waals surface area (Å²) in [5.74, 6) is 0.675. The molecule has 0 radical (unpaired) electrons. The molecule has 0 spiro atoms. The number of nitrogens with one attached hydrogen (secondary N) is 1. The van der Waals surface area contributed by atoms with Gasteiger partial charge in [0.1, 0.15) is 5.01 Å². The number of amides is 1. The van der Waals surface area contributed by atoms with Crippen molar-refractivity contribution in [2.45, 2.75) is 51.0 Å². The van der Waals surface area contributed by atoms with Gasteiger partial charge in [0.15, 0.2) is 0 Å². The molecule has 1 aromatic rings. The molecule has 0 unspecified atom stereocenters. The van der Waals surface area contributed by atoms with Crippen molar-refractivity contribution in [2.24, 2.45) is 17.6 Å². The lowest BCUT2D eigenvalue weighted by Gasteiger charge is -2.41. The number of hydrogen-bond acceptors (Lipinski definition) is 4. The van der Waals surface area contributed by atoms with Crippen LogP contribution in [-0.4, -0.2) is 17.4 Å². The summed E-state index contributed by atoms with van der Waals surface area (Å²) in [6.07, 6.45) is 6.42. The molecule has 3 N–H and O–H groups in total. The molecule has 0 saturated heterocycles. The van der Waals surface area contributed by atoms with E-state index in [0.29, 0.717) is 12.5 Å². The van der Waals surface area contributed by atoms with Crippen LogP contribution in [0.2, 0.25) is 0 Å². The number of carbonyl (C=O) groups is 1. The standard InChI is InChI=1S/C15H23N3OS/c1-10-9-20-14(17-10)15(6-3-7-15)18-13(19)12-5-2-4-11(12)8-16/h9,11-12H,2-8,16H2,1H3,(H,18,19)/t11-,12-/m1/s1. The van der Waals surface area contributed by atoms with Crippen LogP contribution in [0.1, 0.15) is 49.2 Å². The lowest BCUT2D eigenvalue weighted by Crippen LogP contribution is -2.53. The molecular weight excluding hydrogens is 270 g/mol.